The van der Waals surface area contributed by atoms with Crippen molar-refractivity contribution in [2.75, 3.05) is 20.6 Å². The van der Waals surface area contributed by atoms with Gasteiger partial charge in [0.05, 0.1) is 6.54 Å². The molecule has 0 aliphatic carbocycles. The van der Waals surface area contributed by atoms with Gasteiger partial charge in [0.25, 0.3) is 0 Å². The molecule has 2 N–H and O–H groups in total. The molecule has 0 amide bonds. The van der Waals surface area contributed by atoms with Crippen molar-refractivity contribution in [3.63, 3.8) is 0 Å². The lowest BCUT2D eigenvalue weighted by atomic mass is 9.85. The van der Waals surface area contributed by atoms with Crippen LogP contribution in [0.15, 0.2) is 33.7 Å². The van der Waals surface area contributed by atoms with Crippen LogP contribution < -0.4 is 5.73 Å². The van der Waals surface area contributed by atoms with Crippen LogP contribution >= 0.6 is 15.9 Å². The summed E-state index contributed by atoms with van der Waals surface area (Å²) in [5, 5.41) is 0. The number of nitrogens with two attached hydrogens (primary N) is 1. The fraction of sp³-hybridized carbons (Fsp3) is 0.462. The molecule has 0 aromatic heterocycles. The molecule has 0 saturated carbocycles. The molecule has 0 radical (unpaired) electrons. The first-order valence-corrected chi connectivity index (χ1v) is 6.36. The summed E-state index contributed by atoms with van der Waals surface area (Å²) in [4.78, 5) is 6.23. The molecule has 0 fully saturated rings. The van der Waals surface area contributed by atoms with Crippen molar-refractivity contribution in [1.82, 2.24) is 4.90 Å². The second-order valence-electron chi connectivity index (χ2n) is 4.93. The minimum Gasteiger partial charge on any atom is -0.370 e. The van der Waals surface area contributed by atoms with E-state index in [9.17, 15) is 0 Å². The molecule has 0 aliphatic rings. The highest BCUT2D eigenvalue weighted by molar-refractivity contribution is 9.10. The Balaban J connectivity index is 2.90. The Morgan fingerprint density at radius 1 is 1.35 bits per heavy atom. The predicted octanol–water partition coefficient (Wildman–Crippen LogP) is 2.60. The van der Waals surface area contributed by atoms with Gasteiger partial charge in [-0.3, -0.25) is 4.99 Å². The van der Waals surface area contributed by atoms with Gasteiger partial charge >= 0.3 is 0 Å². The van der Waals surface area contributed by atoms with Gasteiger partial charge in [-0.25, -0.2) is 0 Å². The molecule has 0 aliphatic heterocycles. The number of hydrogen-bond acceptors (Lipinski definition) is 1. The summed E-state index contributed by atoms with van der Waals surface area (Å²) in [5.41, 5.74) is 7.01. The molecule has 94 valence electrons. The van der Waals surface area contributed by atoms with Crippen molar-refractivity contribution in [3.05, 3.63) is 34.3 Å². The molecule has 3 nitrogen and oxygen atoms in total. The summed E-state index contributed by atoms with van der Waals surface area (Å²) in [7, 11) is 3.79. The minimum atomic E-state index is -0.0409. The van der Waals surface area contributed by atoms with Gasteiger partial charge in [0, 0.05) is 24.0 Å². The van der Waals surface area contributed by atoms with E-state index in [1.165, 1.54) is 5.56 Å². The van der Waals surface area contributed by atoms with Crippen molar-refractivity contribution in [2.45, 2.75) is 19.3 Å². The third-order valence-electron chi connectivity index (χ3n) is 2.70. The third-order valence-corrected chi connectivity index (χ3v) is 3.39. The van der Waals surface area contributed by atoms with Gasteiger partial charge in [-0.2, -0.15) is 0 Å². The lowest BCUT2D eigenvalue weighted by Crippen LogP contribution is -2.32. The average molecular weight is 298 g/mol. The smallest absolute Gasteiger partial charge is 0.190 e. The molecular formula is C13H20BrN3. The standard InChI is InChI=1S/C13H20BrN3/c1-13(2,9-16-12(15)17(3)4)10-7-5-6-8-11(10)14/h5-8H,9H2,1-4H3,(H2,15,16). The molecule has 17 heavy (non-hydrogen) atoms. The van der Waals surface area contributed by atoms with E-state index in [0.717, 1.165) is 4.47 Å². The molecule has 0 heterocycles. The van der Waals surface area contributed by atoms with Crippen LogP contribution in [0.2, 0.25) is 0 Å². The number of benzene rings is 1. The van der Waals surface area contributed by atoms with E-state index in [2.05, 4.69) is 46.9 Å². The number of halogens is 1. The Labute approximate surface area is 112 Å². The number of aliphatic imine (C=N–C) groups is 1. The molecule has 0 saturated heterocycles. The van der Waals surface area contributed by atoms with Gasteiger partial charge in [-0.15, -0.1) is 0 Å². The Morgan fingerprint density at radius 2 is 1.94 bits per heavy atom. The zero-order chi connectivity index (χ0) is 13.1. The second kappa shape index (κ2) is 5.54. The van der Waals surface area contributed by atoms with Gasteiger partial charge in [-0.05, 0) is 11.6 Å². The van der Waals surface area contributed by atoms with E-state index in [1.54, 1.807) is 0 Å². The normalized spacial score (nSPS) is 12.6. The zero-order valence-corrected chi connectivity index (χ0v) is 12.5. The number of hydrogen-bond donors (Lipinski definition) is 1. The monoisotopic (exact) mass is 297 g/mol. The average Bonchev–Trinajstić information content (AvgIpc) is 2.26. The fourth-order valence-corrected chi connectivity index (χ4v) is 2.34. The van der Waals surface area contributed by atoms with Crippen LogP contribution in [0.4, 0.5) is 0 Å². The van der Waals surface area contributed by atoms with Crippen LogP contribution in [0.25, 0.3) is 0 Å². The lowest BCUT2D eigenvalue weighted by molar-refractivity contribution is 0.526. The van der Waals surface area contributed by atoms with Gasteiger partial charge in [-0.1, -0.05) is 48.0 Å². The summed E-state index contributed by atoms with van der Waals surface area (Å²) in [6, 6.07) is 8.23. The highest BCUT2D eigenvalue weighted by Crippen LogP contribution is 2.30. The summed E-state index contributed by atoms with van der Waals surface area (Å²) in [5.74, 6) is 0.560. The molecule has 0 unspecified atom stereocenters. The topological polar surface area (TPSA) is 41.6 Å². The minimum absolute atomic E-state index is 0.0409. The van der Waals surface area contributed by atoms with Gasteiger partial charge in [0.2, 0.25) is 0 Å². The van der Waals surface area contributed by atoms with Crippen LogP contribution in [-0.2, 0) is 5.41 Å². The van der Waals surface area contributed by atoms with Crippen LogP contribution in [0.5, 0.6) is 0 Å². The largest absolute Gasteiger partial charge is 0.370 e. The molecule has 0 spiro atoms. The van der Waals surface area contributed by atoms with Crippen molar-refractivity contribution >= 4 is 21.9 Å². The van der Waals surface area contributed by atoms with Crippen LogP contribution in [0.3, 0.4) is 0 Å². The highest BCUT2D eigenvalue weighted by Gasteiger charge is 2.22. The van der Waals surface area contributed by atoms with Gasteiger partial charge in [0.15, 0.2) is 5.96 Å². The fourth-order valence-electron chi connectivity index (χ4n) is 1.52. The van der Waals surface area contributed by atoms with Crippen LogP contribution in [0, 0.1) is 0 Å². The first-order chi connectivity index (χ1) is 7.84. The summed E-state index contributed by atoms with van der Waals surface area (Å²) >= 11 is 3.58. The van der Waals surface area contributed by atoms with Gasteiger partial charge in [0.1, 0.15) is 0 Å². The highest BCUT2D eigenvalue weighted by atomic mass is 79.9. The SMILES string of the molecule is CN(C)C(N)=NCC(C)(C)c1ccccc1Br. The van der Waals surface area contributed by atoms with E-state index < -0.39 is 0 Å². The van der Waals surface area contributed by atoms with E-state index in [0.29, 0.717) is 12.5 Å². The second-order valence-corrected chi connectivity index (χ2v) is 5.79. The van der Waals surface area contributed by atoms with E-state index >= 15 is 0 Å². The van der Waals surface area contributed by atoms with Crippen LogP contribution in [-0.4, -0.2) is 31.5 Å². The molecular weight excluding hydrogens is 278 g/mol. The van der Waals surface area contributed by atoms with Crippen molar-refractivity contribution in [2.24, 2.45) is 10.7 Å². The predicted molar refractivity (Wildman–Crippen MR) is 77.3 cm³/mol. The summed E-state index contributed by atoms with van der Waals surface area (Å²) in [6.07, 6.45) is 0. The van der Waals surface area contributed by atoms with E-state index in [-0.39, 0.29) is 5.41 Å². The third kappa shape index (κ3) is 3.73. The zero-order valence-electron chi connectivity index (χ0n) is 10.9. The quantitative estimate of drug-likeness (QED) is 0.688. The maximum Gasteiger partial charge on any atom is 0.190 e. The van der Waals surface area contributed by atoms with Crippen molar-refractivity contribution < 1.29 is 0 Å². The Bertz CT molecular complexity index is 411. The first-order valence-electron chi connectivity index (χ1n) is 5.57. The maximum absolute atomic E-state index is 5.80. The van der Waals surface area contributed by atoms with Crippen molar-refractivity contribution in [1.29, 1.82) is 0 Å². The van der Waals surface area contributed by atoms with E-state index in [4.69, 9.17) is 5.73 Å². The number of nitrogens with zero attached hydrogens (tertiary/aromatic N) is 2. The van der Waals surface area contributed by atoms with Crippen molar-refractivity contribution in [3.8, 4) is 0 Å². The first kappa shape index (κ1) is 14.0. The summed E-state index contributed by atoms with van der Waals surface area (Å²) in [6.45, 7) is 5.00. The van der Waals surface area contributed by atoms with E-state index in [1.807, 2.05) is 31.1 Å². The Hall–Kier alpha value is -1.03. The number of rotatable bonds is 3. The van der Waals surface area contributed by atoms with Gasteiger partial charge < -0.3 is 10.6 Å². The molecule has 4 heteroatoms. The number of guanidine groups is 1. The Kier molecular flexibility index (Phi) is 4.57. The Morgan fingerprint density at radius 3 is 2.47 bits per heavy atom. The molecule has 0 bridgehead atoms. The molecule has 1 rings (SSSR count). The maximum atomic E-state index is 5.80. The lowest BCUT2D eigenvalue weighted by Gasteiger charge is -2.25. The summed E-state index contributed by atoms with van der Waals surface area (Å²) < 4.78 is 1.11. The molecule has 0 atom stereocenters. The van der Waals surface area contributed by atoms with Crippen LogP contribution in [0.1, 0.15) is 19.4 Å². The molecule has 1 aromatic carbocycles. The molecule has 1 aromatic rings.